The van der Waals surface area contributed by atoms with E-state index in [1.54, 1.807) is 12.3 Å². The van der Waals surface area contributed by atoms with E-state index in [2.05, 4.69) is 23.7 Å². The van der Waals surface area contributed by atoms with Gasteiger partial charge in [-0.2, -0.15) is 5.26 Å². The van der Waals surface area contributed by atoms with Gasteiger partial charge in [-0.15, -0.1) is 0 Å². The van der Waals surface area contributed by atoms with Crippen molar-refractivity contribution in [2.75, 3.05) is 18.0 Å². The number of ether oxygens (including phenoxy) is 1. The van der Waals surface area contributed by atoms with Gasteiger partial charge in [0.1, 0.15) is 11.8 Å². The third-order valence-electron chi connectivity index (χ3n) is 2.65. The minimum Gasteiger partial charge on any atom is -0.372 e. The van der Waals surface area contributed by atoms with E-state index in [1.165, 1.54) is 0 Å². The molecule has 0 aliphatic carbocycles. The van der Waals surface area contributed by atoms with E-state index in [0.29, 0.717) is 5.69 Å². The van der Waals surface area contributed by atoms with Gasteiger partial charge >= 0.3 is 0 Å². The van der Waals surface area contributed by atoms with Crippen molar-refractivity contribution < 1.29 is 4.74 Å². The van der Waals surface area contributed by atoms with Crippen LogP contribution >= 0.6 is 0 Å². The van der Waals surface area contributed by atoms with Crippen LogP contribution in [0.15, 0.2) is 18.3 Å². The highest BCUT2D eigenvalue weighted by Crippen LogP contribution is 2.19. The summed E-state index contributed by atoms with van der Waals surface area (Å²) in [4.78, 5) is 6.32. The third kappa shape index (κ3) is 2.31. The van der Waals surface area contributed by atoms with E-state index < -0.39 is 0 Å². The van der Waals surface area contributed by atoms with Gasteiger partial charge in [-0.1, -0.05) is 0 Å². The molecular weight excluding hydrogens is 202 g/mol. The molecule has 4 heteroatoms. The largest absolute Gasteiger partial charge is 0.372 e. The van der Waals surface area contributed by atoms with Gasteiger partial charge in [0.25, 0.3) is 0 Å². The Morgan fingerprint density at radius 2 is 2.06 bits per heavy atom. The molecule has 1 aromatic heterocycles. The van der Waals surface area contributed by atoms with Crippen molar-refractivity contribution >= 4 is 5.69 Å². The molecule has 4 nitrogen and oxygen atoms in total. The van der Waals surface area contributed by atoms with Crippen LogP contribution in [0.3, 0.4) is 0 Å². The van der Waals surface area contributed by atoms with Crippen LogP contribution < -0.4 is 4.90 Å². The molecule has 0 amide bonds. The molecule has 16 heavy (non-hydrogen) atoms. The third-order valence-corrected chi connectivity index (χ3v) is 2.65. The van der Waals surface area contributed by atoms with Crippen LogP contribution in [-0.2, 0) is 4.74 Å². The zero-order chi connectivity index (χ0) is 11.5. The average Bonchev–Trinajstić information content (AvgIpc) is 2.28. The number of morpholine rings is 1. The van der Waals surface area contributed by atoms with Crippen molar-refractivity contribution in [1.29, 1.82) is 5.26 Å². The summed E-state index contributed by atoms with van der Waals surface area (Å²) in [5, 5.41) is 8.68. The second-order valence-electron chi connectivity index (χ2n) is 4.18. The number of rotatable bonds is 1. The summed E-state index contributed by atoms with van der Waals surface area (Å²) < 4.78 is 5.67. The van der Waals surface area contributed by atoms with E-state index >= 15 is 0 Å². The highest BCUT2D eigenvalue weighted by molar-refractivity contribution is 5.46. The maximum Gasteiger partial charge on any atom is 0.140 e. The molecule has 1 fully saturated rings. The molecule has 1 aliphatic rings. The molecule has 2 atom stereocenters. The fraction of sp³-hybridized carbons (Fsp3) is 0.500. The number of anilines is 1. The molecule has 0 N–H and O–H groups in total. The second-order valence-corrected chi connectivity index (χ2v) is 4.18. The van der Waals surface area contributed by atoms with Crippen molar-refractivity contribution in [2.24, 2.45) is 0 Å². The minimum absolute atomic E-state index is 0.236. The van der Waals surface area contributed by atoms with Gasteiger partial charge < -0.3 is 9.64 Å². The molecular formula is C12H15N3O. The zero-order valence-electron chi connectivity index (χ0n) is 9.55. The van der Waals surface area contributed by atoms with Crippen molar-refractivity contribution in [3.63, 3.8) is 0 Å². The Kier molecular flexibility index (Phi) is 3.07. The van der Waals surface area contributed by atoms with Crippen LogP contribution in [0.5, 0.6) is 0 Å². The molecule has 1 saturated heterocycles. The standard InChI is InChI=1S/C12H15N3O/c1-9-7-15(8-10(2)16-9)12-4-3-11(5-13)14-6-12/h3-4,6,9-10H,7-8H2,1-2H3. The van der Waals surface area contributed by atoms with E-state index in [1.807, 2.05) is 12.1 Å². The number of nitrogens with zero attached hydrogens (tertiary/aromatic N) is 3. The lowest BCUT2D eigenvalue weighted by atomic mass is 10.2. The normalized spacial score (nSPS) is 25.2. The highest BCUT2D eigenvalue weighted by Gasteiger charge is 2.22. The lowest BCUT2D eigenvalue weighted by Gasteiger charge is -2.36. The van der Waals surface area contributed by atoms with E-state index in [9.17, 15) is 0 Å². The summed E-state index contributed by atoms with van der Waals surface area (Å²) in [5.74, 6) is 0. The molecule has 0 radical (unpaired) electrons. The predicted molar refractivity (Wildman–Crippen MR) is 61.2 cm³/mol. The van der Waals surface area contributed by atoms with Crippen LogP contribution in [0, 0.1) is 11.3 Å². The maximum atomic E-state index is 8.68. The summed E-state index contributed by atoms with van der Waals surface area (Å²) >= 11 is 0. The van der Waals surface area contributed by atoms with E-state index in [4.69, 9.17) is 10.00 Å². The molecule has 0 spiro atoms. The molecule has 0 saturated carbocycles. The van der Waals surface area contributed by atoms with Crippen molar-refractivity contribution in [1.82, 2.24) is 4.98 Å². The first-order valence-corrected chi connectivity index (χ1v) is 5.45. The maximum absolute atomic E-state index is 8.68. The van der Waals surface area contributed by atoms with Crippen molar-refractivity contribution in [3.05, 3.63) is 24.0 Å². The lowest BCUT2D eigenvalue weighted by Crippen LogP contribution is -2.45. The van der Waals surface area contributed by atoms with E-state index in [0.717, 1.165) is 18.8 Å². The van der Waals surface area contributed by atoms with Crippen LogP contribution in [0.25, 0.3) is 0 Å². The number of hydrogen-bond acceptors (Lipinski definition) is 4. The molecule has 2 heterocycles. The van der Waals surface area contributed by atoms with Crippen LogP contribution in [0.1, 0.15) is 19.5 Å². The Morgan fingerprint density at radius 3 is 2.56 bits per heavy atom. The highest BCUT2D eigenvalue weighted by atomic mass is 16.5. The summed E-state index contributed by atoms with van der Waals surface area (Å²) in [5.41, 5.74) is 1.51. The number of pyridine rings is 1. The van der Waals surface area contributed by atoms with Gasteiger partial charge in [0.15, 0.2) is 0 Å². The van der Waals surface area contributed by atoms with Crippen molar-refractivity contribution in [3.8, 4) is 6.07 Å². The predicted octanol–water partition coefficient (Wildman–Crippen LogP) is 1.57. The number of aromatic nitrogens is 1. The van der Waals surface area contributed by atoms with Crippen molar-refractivity contribution in [2.45, 2.75) is 26.1 Å². The average molecular weight is 217 g/mol. The Hall–Kier alpha value is -1.60. The first-order chi connectivity index (χ1) is 7.69. The number of nitriles is 1. The molecule has 2 unspecified atom stereocenters. The quantitative estimate of drug-likeness (QED) is 0.716. The van der Waals surface area contributed by atoms with Gasteiger partial charge in [-0.25, -0.2) is 4.98 Å². The minimum atomic E-state index is 0.236. The first-order valence-electron chi connectivity index (χ1n) is 5.45. The topological polar surface area (TPSA) is 49.2 Å². The molecule has 0 aromatic carbocycles. The van der Waals surface area contributed by atoms with Gasteiger partial charge in [-0.3, -0.25) is 0 Å². The monoisotopic (exact) mass is 217 g/mol. The van der Waals surface area contributed by atoms with Gasteiger partial charge in [0.05, 0.1) is 24.1 Å². The van der Waals surface area contributed by atoms with Crippen LogP contribution in [-0.4, -0.2) is 30.3 Å². The van der Waals surface area contributed by atoms with Gasteiger partial charge in [0, 0.05) is 13.1 Å². The Morgan fingerprint density at radius 1 is 1.38 bits per heavy atom. The Bertz CT molecular complexity index is 386. The lowest BCUT2D eigenvalue weighted by molar-refractivity contribution is -0.00523. The molecule has 0 bridgehead atoms. The van der Waals surface area contributed by atoms with E-state index in [-0.39, 0.29) is 12.2 Å². The Labute approximate surface area is 95.5 Å². The molecule has 1 aliphatic heterocycles. The summed E-state index contributed by atoms with van der Waals surface area (Å²) in [6, 6.07) is 5.71. The smallest absolute Gasteiger partial charge is 0.140 e. The number of hydrogen-bond donors (Lipinski definition) is 0. The van der Waals surface area contributed by atoms with Crippen LogP contribution in [0.2, 0.25) is 0 Å². The summed E-state index contributed by atoms with van der Waals surface area (Å²) in [6.07, 6.45) is 2.22. The SMILES string of the molecule is CC1CN(c2ccc(C#N)nc2)CC(C)O1. The zero-order valence-corrected chi connectivity index (χ0v) is 9.55. The van der Waals surface area contributed by atoms with Gasteiger partial charge in [0.2, 0.25) is 0 Å². The fourth-order valence-electron chi connectivity index (χ4n) is 2.03. The molecule has 84 valence electrons. The summed E-state index contributed by atoms with van der Waals surface area (Å²) in [7, 11) is 0. The summed E-state index contributed by atoms with van der Waals surface area (Å²) in [6.45, 7) is 5.88. The molecule has 2 rings (SSSR count). The molecule has 1 aromatic rings. The Balaban J connectivity index is 2.14. The second kappa shape index (κ2) is 4.50. The fourth-order valence-corrected chi connectivity index (χ4v) is 2.03. The van der Waals surface area contributed by atoms with Gasteiger partial charge in [-0.05, 0) is 26.0 Å². The van der Waals surface area contributed by atoms with Crippen LogP contribution in [0.4, 0.5) is 5.69 Å². The first kappa shape index (κ1) is 10.9.